The zero-order valence-corrected chi connectivity index (χ0v) is 12.7. The molecule has 19 heavy (non-hydrogen) atoms. The van der Waals surface area contributed by atoms with Crippen molar-refractivity contribution in [3.05, 3.63) is 35.4 Å². The molecule has 0 aliphatic carbocycles. The van der Waals surface area contributed by atoms with Crippen LogP contribution in [0.3, 0.4) is 0 Å². The normalized spacial score (nSPS) is 24.6. The van der Waals surface area contributed by atoms with Crippen molar-refractivity contribution in [2.75, 3.05) is 26.7 Å². The number of rotatable bonds is 3. The minimum absolute atomic E-state index is 0.187. The van der Waals surface area contributed by atoms with E-state index in [0.717, 1.165) is 26.2 Å². The topological polar surface area (TPSA) is 32.5 Å². The maximum absolute atomic E-state index is 5.92. The van der Waals surface area contributed by atoms with Crippen LogP contribution in [0.25, 0.3) is 0 Å². The van der Waals surface area contributed by atoms with Crippen molar-refractivity contribution in [2.24, 2.45) is 5.73 Å². The monoisotopic (exact) mass is 261 g/mol. The Morgan fingerprint density at radius 3 is 2.47 bits per heavy atom. The molecule has 1 aliphatic heterocycles. The third-order valence-corrected chi connectivity index (χ3v) is 4.38. The molecule has 1 aromatic carbocycles. The molecular formula is C16H27N3. The van der Waals surface area contributed by atoms with E-state index in [1.807, 2.05) is 0 Å². The average Bonchev–Trinajstić information content (AvgIpc) is 2.36. The van der Waals surface area contributed by atoms with Crippen molar-refractivity contribution in [1.29, 1.82) is 0 Å². The standard InChI is InChI=1S/C16H27N3/c1-13-5-7-14(8-6-13)10-19-11-15(9-17)18(4)16(2,3)12-19/h5-8,15H,9-12,17H2,1-4H3. The second kappa shape index (κ2) is 5.61. The van der Waals surface area contributed by atoms with Gasteiger partial charge in [0, 0.05) is 37.8 Å². The van der Waals surface area contributed by atoms with Crippen molar-refractivity contribution in [1.82, 2.24) is 9.80 Å². The van der Waals surface area contributed by atoms with E-state index >= 15 is 0 Å². The predicted molar refractivity (Wildman–Crippen MR) is 81.1 cm³/mol. The van der Waals surface area contributed by atoms with Crippen molar-refractivity contribution < 1.29 is 0 Å². The van der Waals surface area contributed by atoms with Gasteiger partial charge < -0.3 is 5.73 Å². The lowest BCUT2D eigenvalue weighted by atomic mass is 9.95. The highest BCUT2D eigenvalue weighted by Gasteiger charge is 2.36. The number of nitrogens with two attached hydrogens (primary N) is 1. The fourth-order valence-electron chi connectivity index (χ4n) is 2.94. The van der Waals surface area contributed by atoms with Crippen LogP contribution >= 0.6 is 0 Å². The Labute approximate surface area is 117 Å². The Bertz CT molecular complexity index is 411. The van der Waals surface area contributed by atoms with Gasteiger partial charge in [0.25, 0.3) is 0 Å². The average molecular weight is 261 g/mol. The van der Waals surface area contributed by atoms with E-state index in [9.17, 15) is 0 Å². The fourth-order valence-corrected chi connectivity index (χ4v) is 2.94. The largest absolute Gasteiger partial charge is 0.329 e. The zero-order chi connectivity index (χ0) is 14.0. The second-order valence-electron chi connectivity index (χ2n) is 6.47. The minimum Gasteiger partial charge on any atom is -0.329 e. The minimum atomic E-state index is 0.187. The Kier molecular flexibility index (Phi) is 4.29. The maximum Gasteiger partial charge on any atom is 0.0348 e. The smallest absolute Gasteiger partial charge is 0.0348 e. The van der Waals surface area contributed by atoms with Gasteiger partial charge in [-0.15, -0.1) is 0 Å². The highest BCUT2D eigenvalue weighted by molar-refractivity contribution is 5.21. The molecule has 1 heterocycles. The highest BCUT2D eigenvalue weighted by Crippen LogP contribution is 2.24. The van der Waals surface area contributed by atoms with Gasteiger partial charge >= 0.3 is 0 Å². The molecule has 0 amide bonds. The van der Waals surface area contributed by atoms with Crippen LogP contribution in [0.4, 0.5) is 0 Å². The number of piperazine rings is 1. The summed E-state index contributed by atoms with van der Waals surface area (Å²) in [6.07, 6.45) is 0. The van der Waals surface area contributed by atoms with E-state index in [0.29, 0.717) is 6.04 Å². The summed E-state index contributed by atoms with van der Waals surface area (Å²) in [5.41, 5.74) is 8.82. The van der Waals surface area contributed by atoms with E-state index in [-0.39, 0.29) is 5.54 Å². The van der Waals surface area contributed by atoms with Crippen LogP contribution in [0.5, 0.6) is 0 Å². The molecule has 0 spiro atoms. The molecule has 3 nitrogen and oxygen atoms in total. The molecule has 1 unspecified atom stereocenters. The Morgan fingerprint density at radius 2 is 1.89 bits per heavy atom. The number of likely N-dealkylation sites (N-methyl/N-ethyl adjacent to an activating group) is 1. The predicted octanol–water partition coefficient (Wildman–Crippen LogP) is 1.85. The first-order valence-corrected chi connectivity index (χ1v) is 7.13. The van der Waals surface area contributed by atoms with Gasteiger partial charge in [-0.05, 0) is 33.4 Å². The Balaban J connectivity index is 2.06. The van der Waals surface area contributed by atoms with Gasteiger partial charge in [-0.2, -0.15) is 0 Å². The summed E-state index contributed by atoms with van der Waals surface area (Å²) in [4.78, 5) is 4.96. The molecule has 1 fully saturated rings. The number of hydrogen-bond donors (Lipinski definition) is 1. The van der Waals surface area contributed by atoms with Gasteiger partial charge in [0.05, 0.1) is 0 Å². The molecule has 1 atom stereocenters. The van der Waals surface area contributed by atoms with Gasteiger partial charge in [0.15, 0.2) is 0 Å². The van der Waals surface area contributed by atoms with Gasteiger partial charge in [0.2, 0.25) is 0 Å². The third kappa shape index (κ3) is 3.35. The van der Waals surface area contributed by atoms with Crippen LogP contribution in [0, 0.1) is 6.92 Å². The van der Waals surface area contributed by atoms with E-state index in [1.165, 1.54) is 11.1 Å². The number of benzene rings is 1. The summed E-state index contributed by atoms with van der Waals surface area (Å²) in [6, 6.07) is 9.30. The Morgan fingerprint density at radius 1 is 1.26 bits per heavy atom. The van der Waals surface area contributed by atoms with Crippen molar-refractivity contribution >= 4 is 0 Å². The van der Waals surface area contributed by atoms with E-state index in [4.69, 9.17) is 5.73 Å². The van der Waals surface area contributed by atoms with E-state index in [2.05, 4.69) is 61.9 Å². The maximum atomic E-state index is 5.92. The van der Waals surface area contributed by atoms with Crippen LogP contribution in [-0.4, -0.2) is 48.1 Å². The lowest BCUT2D eigenvalue weighted by molar-refractivity contribution is -0.00627. The van der Waals surface area contributed by atoms with Crippen LogP contribution in [0.2, 0.25) is 0 Å². The quantitative estimate of drug-likeness (QED) is 0.901. The number of nitrogens with zero attached hydrogens (tertiary/aromatic N) is 2. The third-order valence-electron chi connectivity index (χ3n) is 4.38. The van der Waals surface area contributed by atoms with Crippen LogP contribution < -0.4 is 5.73 Å². The molecular weight excluding hydrogens is 234 g/mol. The first-order chi connectivity index (χ1) is 8.92. The summed E-state index contributed by atoms with van der Waals surface area (Å²) in [5.74, 6) is 0. The fraction of sp³-hybridized carbons (Fsp3) is 0.625. The second-order valence-corrected chi connectivity index (χ2v) is 6.47. The lowest BCUT2D eigenvalue weighted by Gasteiger charge is -2.50. The highest BCUT2D eigenvalue weighted by atomic mass is 15.3. The molecule has 1 aromatic rings. The molecule has 1 saturated heterocycles. The van der Waals surface area contributed by atoms with E-state index in [1.54, 1.807) is 0 Å². The molecule has 0 radical (unpaired) electrons. The first-order valence-electron chi connectivity index (χ1n) is 7.13. The van der Waals surface area contributed by atoms with Crippen LogP contribution in [0.1, 0.15) is 25.0 Å². The summed E-state index contributed by atoms with van der Waals surface area (Å²) in [6.45, 7) is 10.6. The summed E-state index contributed by atoms with van der Waals surface area (Å²) < 4.78 is 0. The molecule has 106 valence electrons. The van der Waals surface area contributed by atoms with Crippen molar-refractivity contribution in [3.8, 4) is 0 Å². The molecule has 1 aliphatic rings. The summed E-state index contributed by atoms with van der Waals surface area (Å²) >= 11 is 0. The molecule has 0 saturated carbocycles. The van der Waals surface area contributed by atoms with Gasteiger partial charge in [-0.3, -0.25) is 9.80 Å². The van der Waals surface area contributed by atoms with Crippen LogP contribution in [0.15, 0.2) is 24.3 Å². The van der Waals surface area contributed by atoms with Crippen molar-refractivity contribution in [2.45, 2.75) is 38.9 Å². The Hall–Kier alpha value is -0.900. The van der Waals surface area contributed by atoms with Crippen LogP contribution in [-0.2, 0) is 6.54 Å². The number of aryl methyl sites for hydroxylation is 1. The van der Waals surface area contributed by atoms with Gasteiger partial charge in [-0.1, -0.05) is 29.8 Å². The lowest BCUT2D eigenvalue weighted by Crippen LogP contribution is -2.63. The first kappa shape index (κ1) is 14.5. The van der Waals surface area contributed by atoms with Gasteiger partial charge in [0.1, 0.15) is 0 Å². The number of hydrogen-bond acceptors (Lipinski definition) is 3. The molecule has 0 aromatic heterocycles. The SMILES string of the molecule is Cc1ccc(CN2CC(CN)N(C)C(C)(C)C2)cc1. The zero-order valence-electron chi connectivity index (χ0n) is 12.7. The van der Waals surface area contributed by atoms with Gasteiger partial charge in [-0.25, -0.2) is 0 Å². The molecule has 3 heteroatoms. The van der Waals surface area contributed by atoms with Crippen molar-refractivity contribution in [3.63, 3.8) is 0 Å². The molecule has 2 rings (SSSR count). The summed E-state index contributed by atoms with van der Waals surface area (Å²) in [5, 5.41) is 0. The van der Waals surface area contributed by atoms with E-state index < -0.39 is 0 Å². The molecule has 0 bridgehead atoms. The molecule has 2 N–H and O–H groups in total. The summed E-state index contributed by atoms with van der Waals surface area (Å²) in [7, 11) is 2.20.